The molecule has 2 saturated heterocycles. The Labute approximate surface area is 177 Å². The molecule has 1 aliphatic carbocycles. The standard InChI is InChI=1S/C24H29N5O/c1-28-11-8-18(9-12-28)27-24(30)21-15-29(14-20(21)16-4-5-16)22-7-6-17(13-25)23-19(22)3-2-10-26-23/h2-3,6-7,10,16,18,20-21H,4-5,8-9,11-12,14-15H2,1H3,(H,27,30)/t20-,21+/m0/s1. The normalized spacial score (nSPS) is 25.4. The molecule has 6 nitrogen and oxygen atoms in total. The average Bonchev–Trinajstić information content (AvgIpc) is 3.52. The summed E-state index contributed by atoms with van der Waals surface area (Å²) in [5.41, 5.74) is 2.45. The molecule has 3 aliphatic rings. The number of piperidine rings is 1. The van der Waals surface area contributed by atoms with E-state index in [4.69, 9.17) is 0 Å². The number of amides is 1. The van der Waals surface area contributed by atoms with Crippen molar-refractivity contribution in [3.63, 3.8) is 0 Å². The molecule has 1 amide bonds. The molecule has 30 heavy (non-hydrogen) atoms. The third-order valence-electron chi connectivity index (χ3n) is 7.20. The van der Waals surface area contributed by atoms with Crippen molar-refractivity contribution in [3.8, 4) is 6.07 Å². The molecule has 2 aliphatic heterocycles. The van der Waals surface area contributed by atoms with Crippen molar-refractivity contribution in [3.05, 3.63) is 36.0 Å². The number of fused-ring (bicyclic) bond motifs is 1. The van der Waals surface area contributed by atoms with Crippen LogP contribution in [0.1, 0.15) is 31.2 Å². The predicted octanol–water partition coefficient (Wildman–Crippen LogP) is 2.78. The second kappa shape index (κ2) is 7.88. The first kappa shape index (κ1) is 19.3. The van der Waals surface area contributed by atoms with E-state index in [0.29, 0.717) is 23.4 Å². The molecular formula is C24H29N5O. The average molecular weight is 404 g/mol. The van der Waals surface area contributed by atoms with Gasteiger partial charge in [0, 0.05) is 36.4 Å². The highest BCUT2D eigenvalue weighted by atomic mass is 16.2. The van der Waals surface area contributed by atoms with Gasteiger partial charge in [0.1, 0.15) is 6.07 Å². The molecule has 1 aromatic carbocycles. The van der Waals surface area contributed by atoms with Gasteiger partial charge in [0.2, 0.25) is 5.91 Å². The molecule has 0 spiro atoms. The molecule has 0 radical (unpaired) electrons. The van der Waals surface area contributed by atoms with E-state index in [1.807, 2.05) is 24.3 Å². The number of carbonyl (C=O) groups excluding carboxylic acids is 1. The minimum absolute atomic E-state index is 0.0412. The molecule has 1 saturated carbocycles. The number of anilines is 1. The van der Waals surface area contributed by atoms with Crippen molar-refractivity contribution >= 4 is 22.5 Å². The Kier molecular flexibility index (Phi) is 5.08. The number of likely N-dealkylation sites (tertiary alicyclic amines) is 1. The Balaban J connectivity index is 1.38. The molecular weight excluding hydrogens is 374 g/mol. The van der Waals surface area contributed by atoms with Crippen molar-refractivity contribution in [1.82, 2.24) is 15.2 Å². The van der Waals surface area contributed by atoms with Crippen molar-refractivity contribution in [2.75, 3.05) is 38.1 Å². The number of nitriles is 1. The van der Waals surface area contributed by atoms with Crippen LogP contribution in [0, 0.1) is 29.1 Å². The number of pyridine rings is 1. The number of hydrogen-bond acceptors (Lipinski definition) is 5. The van der Waals surface area contributed by atoms with Crippen LogP contribution in [0.2, 0.25) is 0 Å². The fraction of sp³-hybridized carbons (Fsp3) is 0.542. The van der Waals surface area contributed by atoms with Gasteiger partial charge in [-0.3, -0.25) is 9.78 Å². The first-order valence-electron chi connectivity index (χ1n) is 11.2. The zero-order chi connectivity index (χ0) is 20.7. The van der Waals surface area contributed by atoms with E-state index in [0.717, 1.165) is 55.6 Å². The van der Waals surface area contributed by atoms with Crippen LogP contribution in [-0.2, 0) is 4.79 Å². The van der Waals surface area contributed by atoms with Crippen LogP contribution in [0.25, 0.3) is 10.9 Å². The first-order valence-corrected chi connectivity index (χ1v) is 11.2. The van der Waals surface area contributed by atoms with Crippen LogP contribution in [0.4, 0.5) is 5.69 Å². The van der Waals surface area contributed by atoms with Crippen molar-refractivity contribution in [2.24, 2.45) is 17.8 Å². The molecule has 2 atom stereocenters. The SMILES string of the molecule is CN1CCC(NC(=O)[C@@H]2CN(c3ccc(C#N)c4ncccc34)C[C@H]2C2CC2)CC1. The molecule has 6 heteroatoms. The van der Waals surface area contributed by atoms with Gasteiger partial charge in [0.15, 0.2) is 0 Å². The van der Waals surface area contributed by atoms with E-state index in [1.165, 1.54) is 12.8 Å². The summed E-state index contributed by atoms with van der Waals surface area (Å²) in [7, 11) is 2.15. The van der Waals surface area contributed by atoms with Crippen molar-refractivity contribution in [1.29, 1.82) is 5.26 Å². The maximum atomic E-state index is 13.3. The molecule has 1 N–H and O–H groups in total. The van der Waals surface area contributed by atoms with Gasteiger partial charge < -0.3 is 15.1 Å². The minimum Gasteiger partial charge on any atom is -0.370 e. The van der Waals surface area contributed by atoms with Crippen LogP contribution >= 0.6 is 0 Å². The molecule has 156 valence electrons. The summed E-state index contributed by atoms with van der Waals surface area (Å²) in [6, 6.07) is 10.4. The largest absolute Gasteiger partial charge is 0.370 e. The first-order chi connectivity index (χ1) is 14.6. The third kappa shape index (κ3) is 3.63. The molecule has 3 fully saturated rings. The number of nitrogens with one attached hydrogen (secondary N) is 1. The van der Waals surface area contributed by atoms with Gasteiger partial charge in [0.25, 0.3) is 0 Å². The zero-order valence-electron chi connectivity index (χ0n) is 17.6. The lowest BCUT2D eigenvalue weighted by Crippen LogP contribution is -2.46. The summed E-state index contributed by atoms with van der Waals surface area (Å²) in [5.74, 6) is 1.36. The summed E-state index contributed by atoms with van der Waals surface area (Å²) in [4.78, 5) is 22.4. The lowest BCUT2D eigenvalue weighted by molar-refractivity contribution is -0.126. The van der Waals surface area contributed by atoms with E-state index in [2.05, 4.69) is 33.2 Å². The Hall–Kier alpha value is -2.65. The second-order valence-corrected chi connectivity index (χ2v) is 9.24. The Morgan fingerprint density at radius 3 is 2.70 bits per heavy atom. The summed E-state index contributed by atoms with van der Waals surface area (Å²) in [5, 5.41) is 13.8. The van der Waals surface area contributed by atoms with Gasteiger partial charge >= 0.3 is 0 Å². The molecule has 3 heterocycles. The highest BCUT2D eigenvalue weighted by Gasteiger charge is 2.46. The van der Waals surface area contributed by atoms with E-state index >= 15 is 0 Å². The van der Waals surface area contributed by atoms with Gasteiger partial charge in [-0.2, -0.15) is 5.26 Å². The summed E-state index contributed by atoms with van der Waals surface area (Å²) in [6.07, 6.45) is 6.30. The highest BCUT2D eigenvalue weighted by Crippen LogP contribution is 2.46. The number of rotatable bonds is 4. The van der Waals surface area contributed by atoms with Crippen molar-refractivity contribution < 1.29 is 4.79 Å². The van der Waals surface area contributed by atoms with Crippen molar-refractivity contribution in [2.45, 2.75) is 31.7 Å². The van der Waals surface area contributed by atoms with Gasteiger partial charge in [-0.15, -0.1) is 0 Å². The summed E-state index contributed by atoms with van der Waals surface area (Å²) < 4.78 is 0. The number of carbonyl (C=O) groups is 1. The third-order valence-corrected chi connectivity index (χ3v) is 7.20. The van der Waals surface area contributed by atoms with Gasteiger partial charge in [-0.25, -0.2) is 0 Å². The lowest BCUT2D eigenvalue weighted by atomic mass is 9.90. The molecule has 1 aromatic heterocycles. The van der Waals surface area contributed by atoms with Crippen LogP contribution < -0.4 is 10.2 Å². The fourth-order valence-corrected chi connectivity index (χ4v) is 5.29. The van der Waals surface area contributed by atoms with Crippen LogP contribution in [0.5, 0.6) is 0 Å². The lowest BCUT2D eigenvalue weighted by Gasteiger charge is -2.30. The van der Waals surface area contributed by atoms with Gasteiger partial charge in [-0.1, -0.05) is 0 Å². The molecule has 0 bridgehead atoms. The monoisotopic (exact) mass is 403 g/mol. The van der Waals surface area contributed by atoms with E-state index in [-0.39, 0.29) is 11.8 Å². The Morgan fingerprint density at radius 1 is 1.17 bits per heavy atom. The van der Waals surface area contributed by atoms with Crippen LogP contribution in [0.15, 0.2) is 30.5 Å². The quantitative estimate of drug-likeness (QED) is 0.850. The molecule has 5 rings (SSSR count). The molecule has 2 aromatic rings. The zero-order valence-corrected chi connectivity index (χ0v) is 17.6. The maximum Gasteiger partial charge on any atom is 0.225 e. The topological polar surface area (TPSA) is 72.3 Å². The smallest absolute Gasteiger partial charge is 0.225 e. The Bertz CT molecular complexity index is 987. The van der Waals surface area contributed by atoms with Gasteiger partial charge in [0.05, 0.1) is 17.0 Å². The van der Waals surface area contributed by atoms with Crippen LogP contribution in [-0.4, -0.2) is 55.1 Å². The summed E-state index contributed by atoms with van der Waals surface area (Å²) >= 11 is 0. The molecule has 0 unspecified atom stereocenters. The number of nitrogens with zero attached hydrogens (tertiary/aromatic N) is 4. The van der Waals surface area contributed by atoms with E-state index in [9.17, 15) is 10.1 Å². The predicted molar refractivity (Wildman–Crippen MR) is 117 cm³/mol. The van der Waals surface area contributed by atoms with E-state index < -0.39 is 0 Å². The van der Waals surface area contributed by atoms with Gasteiger partial charge in [-0.05, 0) is 81.9 Å². The number of aromatic nitrogens is 1. The summed E-state index contributed by atoms with van der Waals surface area (Å²) in [6.45, 7) is 3.76. The maximum absolute atomic E-state index is 13.3. The number of benzene rings is 1. The minimum atomic E-state index is 0.0412. The Morgan fingerprint density at radius 2 is 1.97 bits per heavy atom. The number of hydrogen-bond donors (Lipinski definition) is 1. The van der Waals surface area contributed by atoms with E-state index in [1.54, 1.807) is 6.20 Å². The highest BCUT2D eigenvalue weighted by molar-refractivity contribution is 5.95. The second-order valence-electron chi connectivity index (χ2n) is 9.24. The van der Waals surface area contributed by atoms with Crippen LogP contribution in [0.3, 0.4) is 0 Å². The fourth-order valence-electron chi connectivity index (χ4n) is 5.29.